The first-order chi connectivity index (χ1) is 10.2. The van der Waals surface area contributed by atoms with Crippen LogP contribution in [0.3, 0.4) is 0 Å². The molecule has 0 aliphatic carbocycles. The van der Waals surface area contributed by atoms with Gasteiger partial charge >= 0.3 is 0 Å². The number of aromatic nitrogens is 1. The van der Waals surface area contributed by atoms with Gasteiger partial charge in [-0.15, -0.1) is 0 Å². The molecular weight excluding hydrogens is 276 g/mol. The van der Waals surface area contributed by atoms with Gasteiger partial charge in [-0.3, -0.25) is 4.79 Å². The highest BCUT2D eigenvalue weighted by molar-refractivity contribution is 5.94. The van der Waals surface area contributed by atoms with Crippen LogP contribution in [0, 0.1) is 12.3 Å². The Morgan fingerprint density at radius 2 is 1.68 bits per heavy atom. The molecule has 1 aromatic rings. The molecule has 22 heavy (non-hydrogen) atoms. The van der Waals surface area contributed by atoms with Crippen molar-refractivity contribution in [2.24, 2.45) is 5.41 Å². The highest BCUT2D eigenvalue weighted by atomic mass is 16.5. The SMILES string of the molecule is CCCC(C)(CCC)C(C)(C)NC(=O)c1noc(CC)c1C. The van der Waals surface area contributed by atoms with Gasteiger partial charge in [-0.25, -0.2) is 0 Å². The Morgan fingerprint density at radius 3 is 2.09 bits per heavy atom. The van der Waals surface area contributed by atoms with Gasteiger partial charge in [-0.2, -0.15) is 0 Å². The van der Waals surface area contributed by atoms with E-state index in [4.69, 9.17) is 4.52 Å². The third-order valence-electron chi connectivity index (χ3n) is 5.10. The molecule has 0 radical (unpaired) electrons. The van der Waals surface area contributed by atoms with Crippen molar-refractivity contribution in [1.82, 2.24) is 10.5 Å². The molecule has 4 heteroatoms. The third kappa shape index (κ3) is 3.71. The van der Waals surface area contributed by atoms with Crippen molar-refractivity contribution in [3.8, 4) is 0 Å². The Bertz CT molecular complexity index is 497. The minimum Gasteiger partial charge on any atom is -0.360 e. The van der Waals surface area contributed by atoms with Crippen molar-refractivity contribution < 1.29 is 9.32 Å². The van der Waals surface area contributed by atoms with Crippen LogP contribution in [0.1, 0.15) is 89.0 Å². The molecule has 1 rings (SSSR count). The molecule has 0 spiro atoms. The molecule has 0 saturated heterocycles. The maximum Gasteiger partial charge on any atom is 0.274 e. The average molecular weight is 308 g/mol. The summed E-state index contributed by atoms with van der Waals surface area (Å²) in [5.41, 5.74) is 1.04. The quantitative estimate of drug-likeness (QED) is 0.760. The lowest BCUT2D eigenvalue weighted by atomic mass is 9.67. The molecule has 0 fully saturated rings. The molecular formula is C18H32N2O2. The summed E-state index contributed by atoms with van der Waals surface area (Å²) in [7, 11) is 0. The van der Waals surface area contributed by atoms with E-state index in [-0.39, 0.29) is 16.9 Å². The van der Waals surface area contributed by atoms with E-state index in [1.165, 1.54) is 0 Å². The zero-order valence-electron chi connectivity index (χ0n) is 15.3. The van der Waals surface area contributed by atoms with Gasteiger partial charge in [-0.05, 0) is 39.0 Å². The molecule has 1 N–H and O–H groups in total. The lowest BCUT2D eigenvalue weighted by Gasteiger charge is -2.45. The molecule has 0 aliphatic heterocycles. The number of hydrogen-bond acceptors (Lipinski definition) is 3. The van der Waals surface area contributed by atoms with Crippen molar-refractivity contribution in [1.29, 1.82) is 0 Å². The van der Waals surface area contributed by atoms with Crippen LogP contribution < -0.4 is 5.32 Å². The second-order valence-electron chi connectivity index (χ2n) is 7.07. The Hall–Kier alpha value is -1.32. The maximum absolute atomic E-state index is 12.6. The molecule has 126 valence electrons. The first-order valence-corrected chi connectivity index (χ1v) is 8.50. The summed E-state index contributed by atoms with van der Waals surface area (Å²) >= 11 is 0. The van der Waals surface area contributed by atoms with E-state index in [0.29, 0.717) is 5.69 Å². The maximum atomic E-state index is 12.6. The number of nitrogens with one attached hydrogen (secondary N) is 1. The molecule has 0 atom stereocenters. The molecule has 0 unspecified atom stereocenters. The van der Waals surface area contributed by atoms with Crippen molar-refractivity contribution >= 4 is 5.91 Å². The van der Waals surface area contributed by atoms with E-state index in [1.807, 2.05) is 13.8 Å². The van der Waals surface area contributed by atoms with Gasteiger partial charge in [0.05, 0.1) is 0 Å². The lowest BCUT2D eigenvalue weighted by Crippen LogP contribution is -2.55. The number of amides is 1. The largest absolute Gasteiger partial charge is 0.360 e. The lowest BCUT2D eigenvalue weighted by molar-refractivity contribution is 0.0702. The minimum atomic E-state index is -0.298. The molecule has 1 amide bonds. The summed E-state index contributed by atoms with van der Waals surface area (Å²) < 4.78 is 5.25. The summed E-state index contributed by atoms with van der Waals surface area (Å²) in [5.74, 6) is 0.650. The van der Waals surface area contributed by atoms with E-state index >= 15 is 0 Å². The number of carbonyl (C=O) groups excluding carboxylic acids is 1. The Labute approximate surface area is 135 Å². The van der Waals surface area contributed by atoms with Crippen LogP contribution in [0.5, 0.6) is 0 Å². The zero-order valence-corrected chi connectivity index (χ0v) is 15.3. The van der Waals surface area contributed by atoms with Gasteiger partial charge in [0.1, 0.15) is 5.76 Å². The first kappa shape index (κ1) is 18.7. The van der Waals surface area contributed by atoms with Crippen molar-refractivity contribution in [3.63, 3.8) is 0 Å². The van der Waals surface area contributed by atoms with Crippen LogP contribution in [0.2, 0.25) is 0 Å². The van der Waals surface area contributed by atoms with Gasteiger partial charge < -0.3 is 9.84 Å². The van der Waals surface area contributed by atoms with Crippen LogP contribution in [0.15, 0.2) is 4.52 Å². The predicted octanol–water partition coefficient (Wildman–Crippen LogP) is 4.66. The molecule has 0 saturated carbocycles. The number of nitrogens with zero attached hydrogens (tertiary/aromatic N) is 1. The number of aryl methyl sites for hydroxylation is 1. The predicted molar refractivity (Wildman–Crippen MR) is 90.1 cm³/mol. The van der Waals surface area contributed by atoms with Crippen LogP contribution in [-0.2, 0) is 6.42 Å². The van der Waals surface area contributed by atoms with E-state index in [1.54, 1.807) is 0 Å². The van der Waals surface area contributed by atoms with Gasteiger partial charge in [0.15, 0.2) is 5.69 Å². The first-order valence-electron chi connectivity index (χ1n) is 8.50. The third-order valence-corrected chi connectivity index (χ3v) is 5.10. The van der Waals surface area contributed by atoms with Crippen molar-refractivity contribution in [2.75, 3.05) is 0 Å². The fourth-order valence-electron chi connectivity index (χ4n) is 3.26. The van der Waals surface area contributed by atoms with Gasteiger partial charge in [0, 0.05) is 17.5 Å². The summed E-state index contributed by atoms with van der Waals surface area (Å²) in [6.07, 6.45) is 5.15. The monoisotopic (exact) mass is 308 g/mol. The zero-order chi connectivity index (χ0) is 17.0. The van der Waals surface area contributed by atoms with Gasteiger partial charge in [0.25, 0.3) is 5.91 Å². The highest BCUT2D eigenvalue weighted by Gasteiger charge is 2.41. The number of rotatable bonds is 8. The number of hydrogen-bond donors (Lipinski definition) is 1. The molecule has 1 heterocycles. The van der Waals surface area contributed by atoms with Crippen LogP contribution >= 0.6 is 0 Å². The molecule has 0 bridgehead atoms. The summed E-state index contributed by atoms with van der Waals surface area (Å²) in [6.45, 7) is 14.8. The average Bonchev–Trinajstić information content (AvgIpc) is 2.79. The Morgan fingerprint density at radius 1 is 1.14 bits per heavy atom. The molecule has 0 aromatic carbocycles. The fourth-order valence-corrected chi connectivity index (χ4v) is 3.26. The van der Waals surface area contributed by atoms with E-state index in [9.17, 15) is 4.79 Å². The van der Waals surface area contributed by atoms with Gasteiger partial charge in [-0.1, -0.05) is 45.7 Å². The number of carbonyl (C=O) groups is 1. The normalized spacial score (nSPS) is 12.5. The van der Waals surface area contributed by atoms with Crippen LogP contribution in [0.25, 0.3) is 0 Å². The smallest absolute Gasteiger partial charge is 0.274 e. The minimum absolute atomic E-state index is 0.0669. The van der Waals surface area contributed by atoms with E-state index < -0.39 is 0 Å². The van der Waals surface area contributed by atoms with E-state index in [2.05, 4.69) is 45.1 Å². The van der Waals surface area contributed by atoms with Crippen molar-refractivity contribution in [3.05, 3.63) is 17.0 Å². The second kappa shape index (κ2) is 7.30. The molecule has 1 aromatic heterocycles. The van der Waals surface area contributed by atoms with Crippen LogP contribution in [0.4, 0.5) is 0 Å². The molecule has 4 nitrogen and oxygen atoms in total. The molecule has 0 aliphatic rings. The summed E-state index contributed by atoms with van der Waals surface area (Å²) in [4.78, 5) is 12.6. The standard InChI is InChI=1S/C18H32N2O2/c1-8-11-18(7,12-9-2)17(5,6)19-16(21)15-13(4)14(10-3)22-20-15/h8-12H2,1-7H3,(H,19,21). The topological polar surface area (TPSA) is 55.1 Å². The summed E-state index contributed by atoms with van der Waals surface area (Å²) in [6, 6.07) is 0. The Kier molecular flexibility index (Phi) is 6.21. The summed E-state index contributed by atoms with van der Waals surface area (Å²) in [5, 5.41) is 7.16. The van der Waals surface area contributed by atoms with Gasteiger partial charge in [0.2, 0.25) is 0 Å². The Balaban J connectivity index is 2.98. The fraction of sp³-hybridized carbons (Fsp3) is 0.778. The highest BCUT2D eigenvalue weighted by Crippen LogP contribution is 2.40. The van der Waals surface area contributed by atoms with E-state index in [0.717, 1.165) is 43.4 Å². The second-order valence-corrected chi connectivity index (χ2v) is 7.07. The van der Waals surface area contributed by atoms with Crippen LogP contribution in [-0.4, -0.2) is 16.6 Å². The van der Waals surface area contributed by atoms with Crippen molar-refractivity contribution in [2.45, 2.75) is 86.1 Å².